The molecule has 5 nitrogen and oxygen atoms in total. The van der Waals surface area contributed by atoms with Gasteiger partial charge in [0, 0.05) is 10.4 Å². The number of ether oxygens (including phenoxy) is 1. The van der Waals surface area contributed by atoms with Gasteiger partial charge in [0.05, 0.1) is 17.0 Å². The maximum atomic E-state index is 11.1. The Hall–Kier alpha value is -1.02. The number of hydrogen-bond donors (Lipinski definition) is 1. The van der Waals surface area contributed by atoms with Crippen molar-refractivity contribution in [2.24, 2.45) is 0 Å². The second-order valence-corrected chi connectivity index (χ2v) is 7.33. The lowest BCUT2D eigenvalue weighted by atomic mass is 10.3. The normalized spacial score (nSPS) is 11.3. The van der Waals surface area contributed by atoms with Gasteiger partial charge in [0.2, 0.25) is 10.0 Å². The molecule has 1 aromatic heterocycles. The summed E-state index contributed by atoms with van der Waals surface area (Å²) in [5.41, 5.74) is 0.604. The molecule has 0 aliphatic carbocycles. The number of nitrogens with zero attached hydrogens (tertiary/aromatic N) is 1. The van der Waals surface area contributed by atoms with Gasteiger partial charge >= 0.3 is 0 Å². The summed E-state index contributed by atoms with van der Waals surface area (Å²) in [5.74, 6) is 0.488. The van der Waals surface area contributed by atoms with E-state index in [1.54, 1.807) is 23.6 Å². The van der Waals surface area contributed by atoms with Crippen molar-refractivity contribution in [3.63, 3.8) is 0 Å². The van der Waals surface area contributed by atoms with Crippen LogP contribution >= 0.6 is 34.5 Å². The van der Waals surface area contributed by atoms with Crippen LogP contribution in [0.25, 0.3) is 0 Å². The lowest BCUT2D eigenvalue weighted by molar-refractivity contribution is 0.302. The smallest absolute Gasteiger partial charge is 0.231 e. The lowest BCUT2D eigenvalue weighted by Crippen LogP contribution is -2.09. The fraction of sp³-hybridized carbons (Fsp3) is 0.182. The maximum absolute atomic E-state index is 11.1. The molecule has 9 heteroatoms. The number of thiazole rings is 1. The molecule has 0 aliphatic rings. The van der Waals surface area contributed by atoms with Gasteiger partial charge in [-0.15, -0.1) is 11.3 Å². The molecule has 0 atom stereocenters. The molecule has 0 saturated heterocycles. The minimum Gasteiger partial charge on any atom is -0.486 e. The second kappa shape index (κ2) is 6.17. The average Bonchev–Trinajstić information content (AvgIpc) is 2.73. The fourth-order valence-corrected chi connectivity index (χ4v) is 3.33. The molecule has 0 radical (unpaired) electrons. The highest BCUT2D eigenvalue weighted by atomic mass is 35.5. The summed E-state index contributed by atoms with van der Waals surface area (Å²) in [6.07, 6.45) is 1.07. The van der Waals surface area contributed by atoms with Gasteiger partial charge in [-0.05, 0) is 18.2 Å². The third-order valence-electron chi connectivity index (χ3n) is 2.09. The highest BCUT2D eigenvalue weighted by Crippen LogP contribution is 2.28. The number of sulfonamides is 1. The number of benzene rings is 1. The Kier molecular flexibility index (Phi) is 4.74. The van der Waals surface area contributed by atoms with E-state index in [9.17, 15) is 8.42 Å². The minimum absolute atomic E-state index is 0.184. The Morgan fingerprint density at radius 1 is 1.40 bits per heavy atom. The Balaban J connectivity index is 2.01. The van der Waals surface area contributed by atoms with Gasteiger partial charge in [-0.2, -0.15) is 0 Å². The van der Waals surface area contributed by atoms with Gasteiger partial charge in [-0.25, -0.2) is 13.4 Å². The van der Waals surface area contributed by atoms with Gasteiger partial charge in [-0.1, -0.05) is 23.2 Å². The second-order valence-electron chi connectivity index (χ2n) is 3.88. The largest absolute Gasteiger partial charge is 0.486 e. The van der Waals surface area contributed by atoms with Crippen molar-refractivity contribution in [2.75, 3.05) is 11.0 Å². The quantitative estimate of drug-likeness (QED) is 0.895. The van der Waals surface area contributed by atoms with E-state index in [0.717, 1.165) is 6.26 Å². The number of hydrogen-bond acceptors (Lipinski definition) is 5. The molecular weight excluding hydrogens is 343 g/mol. The molecule has 2 aromatic rings. The Bertz CT molecular complexity index is 716. The standard InChI is InChI=1S/C11H10Cl2N2O3S2/c1-20(16,17)15-11-14-8(6-19-11)5-18-10-3-2-7(12)4-9(10)13/h2-4,6H,5H2,1H3,(H,14,15). The summed E-state index contributed by atoms with van der Waals surface area (Å²) in [6.45, 7) is 0.184. The van der Waals surface area contributed by atoms with E-state index in [2.05, 4.69) is 9.71 Å². The molecule has 0 aliphatic heterocycles. The van der Waals surface area contributed by atoms with E-state index in [1.807, 2.05) is 0 Å². The van der Waals surface area contributed by atoms with E-state index in [4.69, 9.17) is 27.9 Å². The van der Waals surface area contributed by atoms with Crippen LogP contribution in [0.3, 0.4) is 0 Å². The zero-order chi connectivity index (χ0) is 14.8. The number of anilines is 1. The molecule has 1 heterocycles. The topological polar surface area (TPSA) is 68.3 Å². The maximum Gasteiger partial charge on any atom is 0.231 e. The van der Waals surface area contributed by atoms with Crippen molar-refractivity contribution in [2.45, 2.75) is 6.61 Å². The summed E-state index contributed by atoms with van der Waals surface area (Å²) in [4.78, 5) is 4.09. The highest BCUT2D eigenvalue weighted by molar-refractivity contribution is 7.92. The van der Waals surface area contributed by atoms with Crippen LogP contribution in [0.4, 0.5) is 5.13 Å². The third kappa shape index (κ3) is 4.52. The van der Waals surface area contributed by atoms with Gasteiger partial charge in [0.15, 0.2) is 5.13 Å². The molecule has 0 amide bonds. The SMILES string of the molecule is CS(=O)(=O)Nc1nc(COc2ccc(Cl)cc2Cl)cs1. The van der Waals surface area contributed by atoms with Crippen molar-refractivity contribution in [3.05, 3.63) is 39.3 Å². The van der Waals surface area contributed by atoms with Crippen LogP contribution in [0, 0.1) is 0 Å². The molecule has 0 spiro atoms. The van der Waals surface area contributed by atoms with Crippen LogP contribution in [0.5, 0.6) is 5.75 Å². The Labute approximate surface area is 130 Å². The third-order valence-corrected chi connectivity index (χ3v) is 4.12. The van der Waals surface area contributed by atoms with Gasteiger partial charge < -0.3 is 4.74 Å². The van der Waals surface area contributed by atoms with Crippen LogP contribution in [0.1, 0.15) is 5.69 Å². The van der Waals surface area contributed by atoms with Crippen LogP contribution in [-0.2, 0) is 16.6 Å². The highest BCUT2D eigenvalue weighted by Gasteiger charge is 2.08. The minimum atomic E-state index is -3.32. The molecule has 1 aromatic carbocycles. The zero-order valence-electron chi connectivity index (χ0n) is 10.3. The van der Waals surface area contributed by atoms with Crippen molar-refractivity contribution < 1.29 is 13.2 Å². The lowest BCUT2D eigenvalue weighted by Gasteiger charge is -2.06. The number of halogens is 2. The van der Waals surface area contributed by atoms with Gasteiger partial charge in [0.1, 0.15) is 12.4 Å². The van der Waals surface area contributed by atoms with Crippen molar-refractivity contribution in [1.82, 2.24) is 4.98 Å². The first-order chi connectivity index (χ1) is 9.33. The predicted molar refractivity (Wildman–Crippen MR) is 81.4 cm³/mol. The van der Waals surface area contributed by atoms with E-state index in [0.29, 0.717) is 26.6 Å². The van der Waals surface area contributed by atoms with Crippen molar-refractivity contribution in [3.8, 4) is 5.75 Å². The first-order valence-corrected chi connectivity index (χ1v) is 8.86. The summed E-state index contributed by atoms with van der Waals surface area (Å²) < 4.78 is 29.9. The van der Waals surface area contributed by atoms with Crippen LogP contribution in [0.15, 0.2) is 23.6 Å². The van der Waals surface area contributed by atoms with Gasteiger partial charge in [0.25, 0.3) is 0 Å². The number of rotatable bonds is 5. The average molecular weight is 353 g/mol. The summed E-state index contributed by atoms with van der Waals surface area (Å²) in [6, 6.07) is 4.91. The van der Waals surface area contributed by atoms with E-state index >= 15 is 0 Å². The number of aromatic nitrogens is 1. The Morgan fingerprint density at radius 2 is 2.15 bits per heavy atom. The van der Waals surface area contributed by atoms with Crippen LogP contribution in [0.2, 0.25) is 10.0 Å². The molecule has 0 saturated carbocycles. The molecule has 0 bridgehead atoms. The predicted octanol–water partition coefficient (Wildman–Crippen LogP) is 3.40. The molecule has 20 heavy (non-hydrogen) atoms. The molecular formula is C11H10Cl2N2O3S2. The summed E-state index contributed by atoms with van der Waals surface area (Å²) in [5, 5.41) is 2.93. The Morgan fingerprint density at radius 3 is 2.80 bits per heavy atom. The summed E-state index contributed by atoms with van der Waals surface area (Å²) in [7, 11) is -3.32. The first-order valence-electron chi connectivity index (χ1n) is 5.33. The molecule has 2 rings (SSSR count). The van der Waals surface area contributed by atoms with Crippen LogP contribution < -0.4 is 9.46 Å². The first kappa shape index (κ1) is 15.4. The van der Waals surface area contributed by atoms with Crippen molar-refractivity contribution in [1.29, 1.82) is 0 Å². The van der Waals surface area contributed by atoms with E-state index in [-0.39, 0.29) is 6.61 Å². The molecule has 0 unspecified atom stereocenters. The summed E-state index contributed by atoms with van der Waals surface area (Å²) >= 11 is 12.9. The molecule has 108 valence electrons. The van der Waals surface area contributed by atoms with Gasteiger partial charge in [-0.3, -0.25) is 4.72 Å². The van der Waals surface area contributed by atoms with Crippen molar-refractivity contribution >= 4 is 49.7 Å². The molecule has 0 fully saturated rings. The fourth-order valence-electron chi connectivity index (χ4n) is 1.32. The van der Waals surface area contributed by atoms with Crippen LogP contribution in [-0.4, -0.2) is 19.7 Å². The zero-order valence-corrected chi connectivity index (χ0v) is 13.4. The van der Waals surface area contributed by atoms with E-state index in [1.165, 1.54) is 11.3 Å². The number of nitrogens with one attached hydrogen (secondary N) is 1. The molecule has 1 N–H and O–H groups in total. The van der Waals surface area contributed by atoms with E-state index < -0.39 is 10.0 Å². The monoisotopic (exact) mass is 352 g/mol.